The molecule has 0 aromatic carbocycles. The van der Waals surface area contributed by atoms with Crippen LogP contribution >= 0.6 is 27.5 Å². The molecule has 1 aliphatic rings. The molecule has 0 amide bonds. The summed E-state index contributed by atoms with van der Waals surface area (Å²) >= 11 is 9.23. The van der Waals surface area contributed by atoms with E-state index >= 15 is 0 Å². The first-order chi connectivity index (χ1) is 7.65. The van der Waals surface area contributed by atoms with E-state index in [1.807, 2.05) is 0 Å². The highest BCUT2D eigenvalue weighted by atomic mass is 79.9. The van der Waals surface area contributed by atoms with E-state index < -0.39 is 0 Å². The van der Waals surface area contributed by atoms with Crippen molar-refractivity contribution in [2.75, 3.05) is 20.1 Å². The van der Waals surface area contributed by atoms with E-state index in [1.54, 1.807) is 12.3 Å². The molecule has 5 heteroatoms. The number of pyridine rings is 1. The number of piperidine rings is 1. The van der Waals surface area contributed by atoms with E-state index in [2.05, 4.69) is 32.9 Å². The minimum Gasteiger partial charge on any atom is -0.473 e. The molecule has 0 spiro atoms. The second kappa shape index (κ2) is 5.34. The summed E-state index contributed by atoms with van der Waals surface area (Å²) in [6, 6.07) is 1.80. The minimum atomic E-state index is 0.265. The number of hydrogen-bond donors (Lipinski definition) is 0. The van der Waals surface area contributed by atoms with Crippen LogP contribution in [0.2, 0.25) is 5.02 Å². The zero-order valence-corrected chi connectivity index (χ0v) is 11.5. The van der Waals surface area contributed by atoms with Gasteiger partial charge in [-0.15, -0.1) is 0 Å². The van der Waals surface area contributed by atoms with Crippen LogP contribution in [0.25, 0.3) is 0 Å². The number of ether oxygens (including phenoxy) is 1. The fraction of sp³-hybridized carbons (Fsp3) is 0.545. The van der Waals surface area contributed by atoms with Gasteiger partial charge in [0, 0.05) is 19.3 Å². The van der Waals surface area contributed by atoms with Crippen LogP contribution in [0.3, 0.4) is 0 Å². The monoisotopic (exact) mass is 304 g/mol. The Morgan fingerprint density at radius 2 is 2.19 bits per heavy atom. The van der Waals surface area contributed by atoms with Crippen LogP contribution in [0.15, 0.2) is 16.7 Å². The van der Waals surface area contributed by atoms with E-state index in [9.17, 15) is 0 Å². The van der Waals surface area contributed by atoms with E-state index in [0.717, 1.165) is 30.4 Å². The maximum atomic E-state index is 5.85. The number of aromatic nitrogens is 1. The largest absolute Gasteiger partial charge is 0.473 e. The van der Waals surface area contributed by atoms with Crippen molar-refractivity contribution < 1.29 is 4.74 Å². The Balaban J connectivity index is 1.98. The summed E-state index contributed by atoms with van der Waals surface area (Å²) in [5, 5.41) is 0.614. The lowest BCUT2D eigenvalue weighted by Gasteiger charge is -2.29. The third kappa shape index (κ3) is 3.09. The quantitative estimate of drug-likeness (QED) is 0.840. The average Bonchev–Trinajstić information content (AvgIpc) is 2.25. The van der Waals surface area contributed by atoms with Gasteiger partial charge in [0.15, 0.2) is 0 Å². The molecule has 88 valence electrons. The predicted molar refractivity (Wildman–Crippen MR) is 68.1 cm³/mol. The summed E-state index contributed by atoms with van der Waals surface area (Å²) in [5.74, 6) is 0.638. The van der Waals surface area contributed by atoms with Crippen LogP contribution in [-0.4, -0.2) is 36.1 Å². The summed E-state index contributed by atoms with van der Waals surface area (Å²) < 4.78 is 6.66. The van der Waals surface area contributed by atoms with Gasteiger partial charge in [0.05, 0.1) is 9.50 Å². The second-order valence-electron chi connectivity index (χ2n) is 4.06. The molecule has 1 aliphatic heterocycles. The van der Waals surface area contributed by atoms with Crippen molar-refractivity contribution in [3.05, 3.63) is 21.8 Å². The molecule has 0 bridgehead atoms. The number of halogens is 2. The van der Waals surface area contributed by atoms with Crippen molar-refractivity contribution in [1.29, 1.82) is 0 Å². The minimum absolute atomic E-state index is 0.265. The zero-order chi connectivity index (χ0) is 11.5. The molecule has 0 unspecified atom stereocenters. The van der Waals surface area contributed by atoms with Crippen LogP contribution in [-0.2, 0) is 0 Å². The molecule has 1 aromatic rings. The molecule has 0 saturated carbocycles. The first-order valence-electron chi connectivity index (χ1n) is 5.31. The molecule has 2 rings (SSSR count). The molecule has 3 nitrogen and oxygen atoms in total. The van der Waals surface area contributed by atoms with Gasteiger partial charge in [-0.25, -0.2) is 4.98 Å². The molecule has 2 heterocycles. The molecule has 0 N–H and O–H groups in total. The van der Waals surface area contributed by atoms with Gasteiger partial charge in [0.1, 0.15) is 6.10 Å². The van der Waals surface area contributed by atoms with Gasteiger partial charge in [0.25, 0.3) is 0 Å². The Kier molecular flexibility index (Phi) is 4.05. The van der Waals surface area contributed by atoms with Crippen LogP contribution < -0.4 is 4.74 Å². The van der Waals surface area contributed by atoms with Crippen molar-refractivity contribution in [3.8, 4) is 5.88 Å². The molecule has 0 aliphatic carbocycles. The highest BCUT2D eigenvalue weighted by Crippen LogP contribution is 2.27. The molecule has 0 radical (unpaired) electrons. The van der Waals surface area contributed by atoms with Gasteiger partial charge in [0.2, 0.25) is 5.88 Å². The molecular weight excluding hydrogens is 291 g/mol. The predicted octanol–water partition coefficient (Wildman–Crippen LogP) is 2.97. The Morgan fingerprint density at radius 3 is 2.81 bits per heavy atom. The third-order valence-electron chi connectivity index (χ3n) is 2.72. The fourth-order valence-corrected chi connectivity index (χ4v) is 2.48. The van der Waals surface area contributed by atoms with Gasteiger partial charge in [-0.1, -0.05) is 11.6 Å². The number of likely N-dealkylation sites (tertiary alicyclic amines) is 1. The highest BCUT2D eigenvalue weighted by Gasteiger charge is 2.19. The normalized spacial score (nSPS) is 18.7. The first kappa shape index (κ1) is 12.1. The van der Waals surface area contributed by atoms with Gasteiger partial charge >= 0.3 is 0 Å². The third-order valence-corrected chi connectivity index (χ3v) is 3.49. The molecule has 1 fully saturated rings. The van der Waals surface area contributed by atoms with Gasteiger partial charge in [-0.05, 0) is 41.9 Å². The number of hydrogen-bond acceptors (Lipinski definition) is 3. The Morgan fingerprint density at radius 1 is 1.50 bits per heavy atom. The highest BCUT2D eigenvalue weighted by molar-refractivity contribution is 9.10. The van der Waals surface area contributed by atoms with Gasteiger partial charge in [-0.3, -0.25) is 0 Å². The van der Waals surface area contributed by atoms with Crippen molar-refractivity contribution in [3.63, 3.8) is 0 Å². The molecule has 16 heavy (non-hydrogen) atoms. The smallest absolute Gasteiger partial charge is 0.228 e. The van der Waals surface area contributed by atoms with Crippen LogP contribution in [0.1, 0.15) is 12.8 Å². The lowest BCUT2D eigenvalue weighted by molar-refractivity contribution is 0.109. The number of rotatable bonds is 2. The molecular formula is C11H14BrClN2O. The van der Waals surface area contributed by atoms with Crippen molar-refractivity contribution in [2.45, 2.75) is 18.9 Å². The summed E-state index contributed by atoms with van der Waals surface area (Å²) in [5.41, 5.74) is 0. The van der Waals surface area contributed by atoms with E-state index in [4.69, 9.17) is 16.3 Å². The zero-order valence-electron chi connectivity index (χ0n) is 9.12. The topological polar surface area (TPSA) is 25.4 Å². The fourth-order valence-electron chi connectivity index (χ4n) is 1.75. The molecule has 1 saturated heterocycles. The Labute approximate surface area is 109 Å². The van der Waals surface area contributed by atoms with Gasteiger partial charge < -0.3 is 9.64 Å². The SMILES string of the molecule is CN1CCC(Oc2ncc(Cl)cc2Br)CC1. The number of nitrogens with zero attached hydrogens (tertiary/aromatic N) is 2. The van der Waals surface area contributed by atoms with Crippen molar-refractivity contribution in [2.24, 2.45) is 0 Å². The van der Waals surface area contributed by atoms with Crippen LogP contribution in [0.5, 0.6) is 5.88 Å². The Hall–Kier alpha value is -0.320. The lowest BCUT2D eigenvalue weighted by atomic mass is 10.1. The maximum Gasteiger partial charge on any atom is 0.228 e. The summed E-state index contributed by atoms with van der Waals surface area (Å²) in [4.78, 5) is 6.49. The second-order valence-corrected chi connectivity index (χ2v) is 5.35. The molecule has 0 atom stereocenters. The van der Waals surface area contributed by atoms with E-state index in [1.165, 1.54) is 0 Å². The lowest BCUT2D eigenvalue weighted by Crippen LogP contribution is -2.35. The maximum absolute atomic E-state index is 5.85. The van der Waals surface area contributed by atoms with E-state index in [-0.39, 0.29) is 6.10 Å². The Bertz CT molecular complexity index is 367. The van der Waals surface area contributed by atoms with Crippen molar-refractivity contribution in [1.82, 2.24) is 9.88 Å². The van der Waals surface area contributed by atoms with Crippen LogP contribution in [0.4, 0.5) is 0 Å². The first-order valence-corrected chi connectivity index (χ1v) is 6.48. The van der Waals surface area contributed by atoms with Gasteiger partial charge in [-0.2, -0.15) is 0 Å². The van der Waals surface area contributed by atoms with E-state index in [0.29, 0.717) is 10.9 Å². The van der Waals surface area contributed by atoms with Crippen molar-refractivity contribution >= 4 is 27.5 Å². The standard InChI is InChI=1S/C11H14BrClN2O/c1-15-4-2-9(3-5-15)16-11-10(12)6-8(13)7-14-11/h6-7,9H,2-5H2,1H3. The summed E-state index contributed by atoms with van der Waals surface area (Å²) in [6.07, 6.45) is 3.97. The average molecular weight is 306 g/mol. The summed E-state index contributed by atoms with van der Waals surface area (Å²) in [6.45, 7) is 2.16. The molecule has 1 aromatic heterocycles. The summed E-state index contributed by atoms with van der Waals surface area (Å²) in [7, 11) is 2.13. The van der Waals surface area contributed by atoms with Crippen LogP contribution in [0, 0.1) is 0 Å².